The maximum Gasteiger partial charge on any atom is 0.305 e. The number of nitrogens with one attached hydrogen (secondary N) is 1. The molecule has 0 radical (unpaired) electrons. The number of nitrogens with zero attached hydrogens (tertiary/aromatic N) is 3. The number of carboxylic acids is 1. The molecule has 7 nitrogen and oxygen atoms in total. The van der Waals surface area contributed by atoms with E-state index in [0.717, 1.165) is 22.3 Å². The van der Waals surface area contributed by atoms with E-state index >= 15 is 0 Å². The van der Waals surface area contributed by atoms with Gasteiger partial charge in [0.1, 0.15) is 5.69 Å². The average Bonchev–Trinajstić information content (AvgIpc) is 3.11. The number of rotatable bonds is 5. The summed E-state index contributed by atoms with van der Waals surface area (Å²) in [5.41, 5.74) is 3.52. The lowest BCUT2D eigenvalue weighted by Crippen LogP contribution is -2.53. The fourth-order valence-electron chi connectivity index (χ4n) is 3.68. The first-order chi connectivity index (χ1) is 14.1. The number of pyridine rings is 1. The molecule has 4 rings (SSSR count). The molecule has 1 fully saturated rings. The number of hydrogen-bond acceptors (Lipinski definition) is 4. The Balaban J connectivity index is 1.67. The Labute approximate surface area is 168 Å². The molecule has 3 heterocycles. The van der Waals surface area contributed by atoms with Gasteiger partial charge in [0.25, 0.3) is 0 Å². The maximum absolute atomic E-state index is 12.9. The van der Waals surface area contributed by atoms with Crippen molar-refractivity contribution in [1.82, 2.24) is 19.8 Å². The number of benzene rings is 1. The first-order valence-electron chi connectivity index (χ1n) is 9.57. The number of fused-ring (bicyclic) bond motifs is 1. The molecule has 2 aromatic heterocycles. The number of piperazine rings is 1. The number of aliphatic carboxylic acids is 1. The Kier molecular flexibility index (Phi) is 5.39. The number of amides is 1. The van der Waals surface area contributed by atoms with Gasteiger partial charge in [-0.05, 0) is 18.2 Å². The Morgan fingerprint density at radius 1 is 1.17 bits per heavy atom. The van der Waals surface area contributed by atoms with E-state index in [-0.39, 0.29) is 18.4 Å². The lowest BCUT2D eigenvalue weighted by Gasteiger charge is -2.34. The summed E-state index contributed by atoms with van der Waals surface area (Å²) >= 11 is 0. The predicted molar refractivity (Wildman–Crippen MR) is 110 cm³/mol. The summed E-state index contributed by atoms with van der Waals surface area (Å²) in [5, 5.41) is 17.0. The third kappa shape index (κ3) is 4.05. The zero-order valence-corrected chi connectivity index (χ0v) is 15.9. The molecule has 7 heteroatoms. The zero-order valence-electron chi connectivity index (χ0n) is 15.9. The fraction of sp³-hybridized carbons (Fsp3) is 0.227. The second-order valence-corrected chi connectivity index (χ2v) is 6.98. The van der Waals surface area contributed by atoms with Crippen LogP contribution in [0.25, 0.3) is 22.9 Å². The van der Waals surface area contributed by atoms with Crippen molar-refractivity contribution in [3.63, 3.8) is 0 Å². The Bertz CT molecular complexity index is 1060. The van der Waals surface area contributed by atoms with Crippen LogP contribution >= 0.6 is 0 Å². The largest absolute Gasteiger partial charge is 0.481 e. The molecule has 148 valence electrons. The van der Waals surface area contributed by atoms with Gasteiger partial charge in [0, 0.05) is 43.0 Å². The van der Waals surface area contributed by atoms with Crippen LogP contribution in [0.4, 0.5) is 0 Å². The van der Waals surface area contributed by atoms with Crippen LogP contribution in [-0.2, 0) is 9.59 Å². The number of carbonyl (C=O) groups is 2. The van der Waals surface area contributed by atoms with Crippen LogP contribution in [0, 0.1) is 0 Å². The first-order valence-corrected chi connectivity index (χ1v) is 9.57. The molecule has 0 spiro atoms. The molecule has 1 aliphatic rings. The summed E-state index contributed by atoms with van der Waals surface area (Å²) in [7, 11) is 0. The molecule has 3 aromatic rings. The standard InChI is InChI=1S/C22H22N4O3/c27-20(25-13-11-23-15-17(25)14-21(28)29)10-9-18-19-8-4-5-12-26(19)24-22(18)16-6-2-1-3-7-16/h1-10,12,17,23H,11,13-15H2,(H,28,29)/b10-9+/t17-/m0/s1. The smallest absolute Gasteiger partial charge is 0.305 e. The van der Waals surface area contributed by atoms with Crippen LogP contribution in [0.5, 0.6) is 0 Å². The number of carbonyl (C=O) groups excluding carboxylic acids is 1. The normalized spacial score (nSPS) is 17.1. The molecule has 29 heavy (non-hydrogen) atoms. The summed E-state index contributed by atoms with van der Waals surface area (Å²) in [6, 6.07) is 15.3. The summed E-state index contributed by atoms with van der Waals surface area (Å²) in [4.78, 5) is 25.6. The highest BCUT2D eigenvalue weighted by molar-refractivity contribution is 5.95. The van der Waals surface area contributed by atoms with Gasteiger partial charge in [0.05, 0.1) is 18.0 Å². The van der Waals surface area contributed by atoms with Gasteiger partial charge in [-0.1, -0.05) is 36.4 Å². The second kappa shape index (κ2) is 8.28. The summed E-state index contributed by atoms with van der Waals surface area (Å²) in [5.74, 6) is -1.10. The van der Waals surface area contributed by atoms with E-state index < -0.39 is 5.97 Å². The van der Waals surface area contributed by atoms with Crippen molar-refractivity contribution in [3.8, 4) is 11.3 Å². The molecule has 1 aliphatic heterocycles. The molecule has 0 aliphatic carbocycles. The molecule has 1 aromatic carbocycles. The summed E-state index contributed by atoms with van der Waals surface area (Å²) in [6.45, 7) is 1.63. The molecule has 1 amide bonds. The third-order valence-corrected chi connectivity index (χ3v) is 5.06. The lowest BCUT2D eigenvalue weighted by molar-refractivity contribution is -0.140. The summed E-state index contributed by atoms with van der Waals surface area (Å²) in [6.07, 6.45) is 5.11. The minimum Gasteiger partial charge on any atom is -0.481 e. The van der Waals surface area contributed by atoms with E-state index in [4.69, 9.17) is 5.11 Å². The van der Waals surface area contributed by atoms with Crippen LogP contribution in [0.3, 0.4) is 0 Å². The van der Waals surface area contributed by atoms with Gasteiger partial charge >= 0.3 is 5.97 Å². The van der Waals surface area contributed by atoms with E-state index in [2.05, 4.69) is 10.4 Å². The average molecular weight is 390 g/mol. The highest BCUT2D eigenvalue weighted by atomic mass is 16.4. The molecule has 0 saturated carbocycles. The SMILES string of the molecule is O=C(O)C[C@H]1CNCCN1C(=O)/C=C/c1c(-c2ccccc2)nn2ccccc12. The van der Waals surface area contributed by atoms with Crippen LogP contribution in [-0.4, -0.2) is 57.2 Å². The molecule has 2 N–H and O–H groups in total. The van der Waals surface area contributed by atoms with Crippen molar-refractivity contribution in [1.29, 1.82) is 0 Å². The van der Waals surface area contributed by atoms with E-state index in [9.17, 15) is 9.59 Å². The van der Waals surface area contributed by atoms with Crippen LogP contribution in [0.15, 0.2) is 60.8 Å². The van der Waals surface area contributed by atoms with Crippen molar-refractivity contribution in [2.75, 3.05) is 19.6 Å². The topological polar surface area (TPSA) is 86.9 Å². The van der Waals surface area contributed by atoms with Crippen LogP contribution in [0.1, 0.15) is 12.0 Å². The zero-order chi connectivity index (χ0) is 20.2. The van der Waals surface area contributed by atoms with Crippen LogP contribution < -0.4 is 5.32 Å². The van der Waals surface area contributed by atoms with E-state index in [0.29, 0.717) is 19.6 Å². The van der Waals surface area contributed by atoms with E-state index in [1.807, 2.05) is 54.7 Å². The number of aromatic nitrogens is 2. The maximum atomic E-state index is 12.9. The Morgan fingerprint density at radius 3 is 2.76 bits per heavy atom. The van der Waals surface area contributed by atoms with Gasteiger partial charge in [-0.3, -0.25) is 9.59 Å². The fourth-order valence-corrected chi connectivity index (χ4v) is 3.68. The molecular weight excluding hydrogens is 368 g/mol. The summed E-state index contributed by atoms with van der Waals surface area (Å²) < 4.78 is 1.80. The third-order valence-electron chi connectivity index (χ3n) is 5.06. The predicted octanol–water partition coefficient (Wildman–Crippen LogP) is 2.29. The highest BCUT2D eigenvalue weighted by Crippen LogP contribution is 2.27. The molecule has 1 atom stereocenters. The minimum atomic E-state index is -0.908. The van der Waals surface area contributed by atoms with Crippen LogP contribution in [0.2, 0.25) is 0 Å². The molecular formula is C22H22N4O3. The number of carboxylic acid groups (broad SMARTS) is 1. The quantitative estimate of drug-likeness (QED) is 0.653. The van der Waals surface area contributed by atoms with Gasteiger partial charge in [-0.25, -0.2) is 4.52 Å². The van der Waals surface area contributed by atoms with Gasteiger partial charge in [-0.2, -0.15) is 5.10 Å². The van der Waals surface area contributed by atoms with Gasteiger partial charge in [0.2, 0.25) is 5.91 Å². The van der Waals surface area contributed by atoms with E-state index in [1.54, 1.807) is 15.5 Å². The van der Waals surface area contributed by atoms with Crippen molar-refractivity contribution in [3.05, 3.63) is 66.4 Å². The first kappa shape index (κ1) is 18.9. The monoisotopic (exact) mass is 390 g/mol. The van der Waals surface area contributed by atoms with Crippen molar-refractivity contribution < 1.29 is 14.7 Å². The van der Waals surface area contributed by atoms with Crippen molar-refractivity contribution in [2.24, 2.45) is 0 Å². The highest BCUT2D eigenvalue weighted by Gasteiger charge is 2.27. The number of hydrogen-bond donors (Lipinski definition) is 2. The molecule has 0 unspecified atom stereocenters. The van der Waals surface area contributed by atoms with Gasteiger partial charge in [0.15, 0.2) is 0 Å². The lowest BCUT2D eigenvalue weighted by atomic mass is 10.1. The van der Waals surface area contributed by atoms with Crippen molar-refractivity contribution in [2.45, 2.75) is 12.5 Å². The Hall–Kier alpha value is -3.45. The van der Waals surface area contributed by atoms with Crippen molar-refractivity contribution >= 4 is 23.5 Å². The van der Waals surface area contributed by atoms with Gasteiger partial charge < -0.3 is 15.3 Å². The molecule has 1 saturated heterocycles. The van der Waals surface area contributed by atoms with E-state index in [1.165, 1.54) is 6.08 Å². The van der Waals surface area contributed by atoms with Gasteiger partial charge in [-0.15, -0.1) is 0 Å². The molecule has 0 bridgehead atoms. The minimum absolute atomic E-state index is 0.0709. The Morgan fingerprint density at radius 2 is 1.97 bits per heavy atom. The second-order valence-electron chi connectivity index (χ2n) is 6.98.